The van der Waals surface area contributed by atoms with Crippen LogP contribution in [0, 0.1) is 23.2 Å². The van der Waals surface area contributed by atoms with Crippen LogP contribution in [0.25, 0.3) is 0 Å². The molecule has 4 saturated carbocycles. The number of hydrogen-bond donors (Lipinski definition) is 2. The molecule has 0 saturated heterocycles. The highest BCUT2D eigenvalue weighted by Gasteiger charge is 2.52. The quantitative estimate of drug-likeness (QED) is 0.759. The van der Waals surface area contributed by atoms with Crippen LogP contribution in [0.15, 0.2) is 0 Å². The minimum absolute atomic E-state index is 0.318. The Hall–Kier alpha value is -0.770. The molecule has 1 atom stereocenters. The summed E-state index contributed by atoms with van der Waals surface area (Å²) in [5.41, 5.74) is 0.102. The van der Waals surface area contributed by atoms with Crippen molar-refractivity contribution in [2.45, 2.75) is 77.9 Å². The van der Waals surface area contributed by atoms with Gasteiger partial charge < -0.3 is 15.4 Å². The van der Waals surface area contributed by atoms with Gasteiger partial charge in [0.15, 0.2) is 0 Å². The molecule has 0 aromatic heterocycles. The average molecular weight is 322 g/mol. The van der Waals surface area contributed by atoms with E-state index in [1.54, 1.807) is 0 Å². The highest BCUT2D eigenvalue weighted by Crippen LogP contribution is 2.61. The van der Waals surface area contributed by atoms with Crippen molar-refractivity contribution in [3.63, 3.8) is 0 Å². The Balaban J connectivity index is 1.42. The van der Waals surface area contributed by atoms with Crippen LogP contribution in [0.1, 0.15) is 66.2 Å². The monoisotopic (exact) mass is 322 g/mol. The first-order valence-electron chi connectivity index (χ1n) is 9.46. The van der Waals surface area contributed by atoms with Gasteiger partial charge in [0.25, 0.3) is 0 Å². The van der Waals surface area contributed by atoms with E-state index in [0.29, 0.717) is 18.0 Å². The first-order chi connectivity index (χ1) is 10.8. The van der Waals surface area contributed by atoms with Crippen LogP contribution in [0.4, 0.5) is 4.79 Å². The maximum atomic E-state index is 11.7. The Morgan fingerprint density at radius 3 is 2.09 bits per heavy atom. The lowest BCUT2D eigenvalue weighted by atomic mass is 9.48. The van der Waals surface area contributed by atoms with Gasteiger partial charge in [-0.1, -0.05) is 0 Å². The molecule has 4 heteroatoms. The molecule has 0 radical (unpaired) electrons. The Kier molecular flexibility index (Phi) is 4.65. The zero-order valence-electron chi connectivity index (χ0n) is 15.3. The van der Waals surface area contributed by atoms with Gasteiger partial charge in [0, 0.05) is 19.1 Å². The number of ether oxygens (including phenoxy) is 1. The van der Waals surface area contributed by atoms with Gasteiger partial charge in [-0.25, -0.2) is 4.79 Å². The van der Waals surface area contributed by atoms with Crippen molar-refractivity contribution in [3.05, 3.63) is 0 Å². The maximum absolute atomic E-state index is 11.7. The molecule has 4 aliphatic carbocycles. The van der Waals surface area contributed by atoms with Gasteiger partial charge in [-0.05, 0) is 89.4 Å². The predicted octanol–water partition coefficient (Wildman–Crippen LogP) is 3.71. The van der Waals surface area contributed by atoms with Gasteiger partial charge in [0.1, 0.15) is 5.60 Å². The fourth-order valence-electron chi connectivity index (χ4n) is 5.69. The minimum Gasteiger partial charge on any atom is -0.444 e. The number of rotatable bonds is 5. The van der Waals surface area contributed by atoms with Crippen molar-refractivity contribution in [1.82, 2.24) is 10.6 Å². The van der Waals surface area contributed by atoms with Crippen molar-refractivity contribution in [1.29, 1.82) is 0 Å². The normalized spacial score (nSPS) is 36.8. The Morgan fingerprint density at radius 1 is 1.09 bits per heavy atom. The molecule has 23 heavy (non-hydrogen) atoms. The molecule has 4 nitrogen and oxygen atoms in total. The molecule has 4 bridgehead atoms. The van der Waals surface area contributed by atoms with E-state index < -0.39 is 5.60 Å². The first-order valence-corrected chi connectivity index (χ1v) is 9.46. The fourth-order valence-corrected chi connectivity index (χ4v) is 5.69. The molecule has 4 fully saturated rings. The molecule has 0 aliphatic heterocycles. The summed E-state index contributed by atoms with van der Waals surface area (Å²) in [4.78, 5) is 11.7. The lowest BCUT2D eigenvalue weighted by molar-refractivity contribution is -0.0702. The SMILES string of the molecule is CC(NCCNC(=O)OC(C)(C)C)C12CC3CC(CC(C3)C1)C2. The summed E-state index contributed by atoms with van der Waals surface area (Å²) >= 11 is 0. The Bertz CT molecular complexity index is 406. The lowest BCUT2D eigenvalue weighted by Crippen LogP contribution is -2.55. The highest BCUT2D eigenvalue weighted by atomic mass is 16.6. The van der Waals surface area contributed by atoms with Crippen LogP contribution in [0.3, 0.4) is 0 Å². The predicted molar refractivity (Wildman–Crippen MR) is 92.3 cm³/mol. The number of alkyl carbamates (subject to hydrolysis) is 1. The zero-order chi connectivity index (χ0) is 16.7. The molecule has 0 aromatic carbocycles. The summed E-state index contributed by atoms with van der Waals surface area (Å²) in [7, 11) is 0. The second-order valence-electron chi connectivity index (χ2n) is 9.38. The van der Waals surface area contributed by atoms with Gasteiger partial charge in [-0.2, -0.15) is 0 Å². The topological polar surface area (TPSA) is 50.4 Å². The van der Waals surface area contributed by atoms with Gasteiger partial charge in [0.05, 0.1) is 0 Å². The smallest absolute Gasteiger partial charge is 0.407 e. The molecule has 0 aromatic rings. The number of amides is 1. The van der Waals surface area contributed by atoms with E-state index in [9.17, 15) is 4.79 Å². The molecule has 132 valence electrons. The van der Waals surface area contributed by atoms with Gasteiger partial charge in [-0.15, -0.1) is 0 Å². The third kappa shape index (κ3) is 4.01. The Morgan fingerprint density at radius 2 is 1.61 bits per heavy atom. The molecular weight excluding hydrogens is 288 g/mol. The second-order valence-corrected chi connectivity index (χ2v) is 9.38. The summed E-state index contributed by atoms with van der Waals surface area (Å²) in [5, 5.41) is 6.53. The van der Waals surface area contributed by atoms with Crippen LogP contribution in [-0.2, 0) is 4.74 Å². The van der Waals surface area contributed by atoms with E-state index in [4.69, 9.17) is 4.74 Å². The van der Waals surface area contributed by atoms with Crippen molar-refractivity contribution >= 4 is 6.09 Å². The molecule has 1 amide bonds. The lowest BCUT2D eigenvalue weighted by Gasteiger charge is -2.59. The number of carbonyl (C=O) groups excluding carboxylic acids is 1. The number of hydrogen-bond acceptors (Lipinski definition) is 3. The van der Waals surface area contributed by atoms with Crippen molar-refractivity contribution in [2.24, 2.45) is 23.2 Å². The van der Waals surface area contributed by atoms with Crippen molar-refractivity contribution in [3.8, 4) is 0 Å². The van der Waals surface area contributed by atoms with E-state index in [1.165, 1.54) is 38.5 Å². The highest BCUT2D eigenvalue weighted by molar-refractivity contribution is 5.67. The van der Waals surface area contributed by atoms with E-state index >= 15 is 0 Å². The number of nitrogens with one attached hydrogen (secondary N) is 2. The minimum atomic E-state index is -0.427. The third-order valence-corrected chi connectivity index (χ3v) is 6.25. The molecule has 2 N–H and O–H groups in total. The van der Waals surface area contributed by atoms with E-state index in [1.807, 2.05) is 20.8 Å². The molecule has 4 rings (SSSR count). The average Bonchev–Trinajstić information content (AvgIpc) is 2.39. The van der Waals surface area contributed by atoms with Gasteiger partial charge >= 0.3 is 6.09 Å². The maximum Gasteiger partial charge on any atom is 0.407 e. The van der Waals surface area contributed by atoms with Crippen LogP contribution in [0.5, 0.6) is 0 Å². The van der Waals surface area contributed by atoms with E-state index in [-0.39, 0.29) is 6.09 Å². The van der Waals surface area contributed by atoms with Crippen LogP contribution in [-0.4, -0.2) is 30.8 Å². The molecule has 4 aliphatic rings. The zero-order valence-corrected chi connectivity index (χ0v) is 15.3. The van der Waals surface area contributed by atoms with Gasteiger partial charge in [-0.3, -0.25) is 0 Å². The summed E-state index contributed by atoms with van der Waals surface area (Å²) in [6.07, 6.45) is 8.43. The summed E-state index contributed by atoms with van der Waals surface area (Å²) in [5.74, 6) is 2.97. The molecule has 0 heterocycles. The molecular formula is C19H34N2O2. The van der Waals surface area contributed by atoms with Crippen molar-refractivity contribution in [2.75, 3.05) is 13.1 Å². The Labute approximate surface area is 141 Å². The van der Waals surface area contributed by atoms with Crippen LogP contribution < -0.4 is 10.6 Å². The third-order valence-electron chi connectivity index (χ3n) is 6.25. The summed E-state index contributed by atoms with van der Waals surface area (Å²) in [6, 6.07) is 0.552. The van der Waals surface area contributed by atoms with Crippen molar-refractivity contribution < 1.29 is 9.53 Å². The standard InChI is InChI=1S/C19H34N2O2/c1-13(20-5-6-21-17(22)23-18(2,3)4)19-10-14-7-15(11-19)9-16(8-14)12-19/h13-16,20H,5-12H2,1-4H3,(H,21,22). The van der Waals surface area contributed by atoms with Gasteiger partial charge in [0.2, 0.25) is 0 Å². The van der Waals surface area contributed by atoms with E-state index in [0.717, 1.165) is 24.3 Å². The molecule has 0 spiro atoms. The van der Waals surface area contributed by atoms with Crippen LogP contribution >= 0.6 is 0 Å². The largest absolute Gasteiger partial charge is 0.444 e. The number of carbonyl (C=O) groups is 1. The van der Waals surface area contributed by atoms with E-state index in [2.05, 4.69) is 17.6 Å². The second kappa shape index (κ2) is 6.27. The fraction of sp³-hybridized carbons (Fsp3) is 0.947. The van der Waals surface area contributed by atoms with Crippen LogP contribution in [0.2, 0.25) is 0 Å². The summed E-state index contributed by atoms with van der Waals surface area (Å²) in [6.45, 7) is 9.48. The first kappa shape index (κ1) is 17.1. The summed E-state index contributed by atoms with van der Waals surface area (Å²) < 4.78 is 5.27. The molecule has 1 unspecified atom stereocenters.